The highest BCUT2D eigenvalue weighted by Gasteiger charge is 2.17. The average molecular weight is 314 g/mol. The molecule has 1 aromatic rings. The molecule has 0 aliphatic heterocycles. The first-order chi connectivity index (χ1) is 10.1. The van der Waals surface area contributed by atoms with E-state index >= 15 is 0 Å². The van der Waals surface area contributed by atoms with Crippen molar-refractivity contribution in [1.29, 1.82) is 0 Å². The predicted molar refractivity (Wildman–Crippen MR) is 92.4 cm³/mol. The van der Waals surface area contributed by atoms with Crippen molar-refractivity contribution in [3.63, 3.8) is 0 Å². The second kappa shape index (κ2) is 10.1. The molecule has 4 nitrogen and oxygen atoms in total. The monoisotopic (exact) mass is 313 g/mol. The first kappa shape index (κ1) is 18.4. The summed E-state index contributed by atoms with van der Waals surface area (Å²) in [6, 6.07) is 0.552. The second-order valence-corrected chi connectivity index (χ2v) is 6.54. The third kappa shape index (κ3) is 5.93. The Hall–Kier alpha value is -0.650. The Morgan fingerprint density at radius 2 is 2.14 bits per heavy atom. The Morgan fingerprint density at radius 3 is 2.76 bits per heavy atom. The SMILES string of the molecule is CCCCN(c1nc(C)c(CNCCOC)s1)C(C)CC. The molecule has 1 N–H and O–H groups in total. The molecule has 0 amide bonds. The number of unbranched alkanes of at least 4 members (excludes halogenated alkanes) is 1. The van der Waals surface area contributed by atoms with E-state index in [0.717, 1.165) is 38.4 Å². The van der Waals surface area contributed by atoms with Crippen LogP contribution in [0.5, 0.6) is 0 Å². The van der Waals surface area contributed by atoms with Gasteiger partial charge in [0.05, 0.1) is 12.3 Å². The van der Waals surface area contributed by atoms with Gasteiger partial charge in [0.25, 0.3) is 0 Å². The van der Waals surface area contributed by atoms with Crippen LogP contribution in [-0.4, -0.2) is 37.8 Å². The maximum absolute atomic E-state index is 5.06. The van der Waals surface area contributed by atoms with Crippen LogP contribution in [0.3, 0.4) is 0 Å². The number of methoxy groups -OCH3 is 1. The van der Waals surface area contributed by atoms with Crippen LogP contribution in [-0.2, 0) is 11.3 Å². The van der Waals surface area contributed by atoms with Crippen LogP contribution in [0.1, 0.15) is 50.6 Å². The molecule has 0 spiro atoms. The van der Waals surface area contributed by atoms with Gasteiger partial charge in [-0.05, 0) is 26.7 Å². The fraction of sp³-hybridized carbons (Fsp3) is 0.812. The van der Waals surface area contributed by atoms with E-state index in [1.54, 1.807) is 7.11 Å². The molecule has 1 unspecified atom stereocenters. The van der Waals surface area contributed by atoms with Gasteiger partial charge in [0.2, 0.25) is 0 Å². The van der Waals surface area contributed by atoms with Crippen LogP contribution in [0.2, 0.25) is 0 Å². The Balaban J connectivity index is 2.70. The minimum Gasteiger partial charge on any atom is -0.383 e. The van der Waals surface area contributed by atoms with Gasteiger partial charge in [-0.2, -0.15) is 0 Å². The van der Waals surface area contributed by atoms with Crippen molar-refractivity contribution < 1.29 is 4.74 Å². The van der Waals surface area contributed by atoms with E-state index in [9.17, 15) is 0 Å². The van der Waals surface area contributed by atoms with E-state index < -0.39 is 0 Å². The third-order valence-electron chi connectivity index (χ3n) is 3.77. The summed E-state index contributed by atoms with van der Waals surface area (Å²) in [4.78, 5) is 8.62. The van der Waals surface area contributed by atoms with Gasteiger partial charge in [-0.15, -0.1) is 11.3 Å². The van der Waals surface area contributed by atoms with Gasteiger partial charge in [-0.25, -0.2) is 4.98 Å². The molecule has 0 bridgehead atoms. The molecule has 122 valence electrons. The number of hydrogen-bond acceptors (Lipinski definition) is 5. The van der Waals surface area contributed by atoms with Gasteiger partial charge >= 0.3 is 0 Å². The zero-order chi connectivity index (χ0) is 15.7. The number of thiazole rings is 1. The largest absolute Gasteiger partial charge is 0.383 e. The number of aryl methyl sites for hydroxylation is 1. The first-order valence-electron chi connectivity index (χ1n) is 8.06. The molecule has 0 saturated heterocycles. The maximum Gasteiger partial charge on any atom is 0.186 e. The number of nitrogens with one attached hydrogen (secondary N) is 1. The van der Waals surface area contributed by atoms with Gasteiger partial charge in [0, 0.05) is 37.7 Å². The molecule has 1 aromatic heterocycles. The Labute approximate surface area is 133 Å². The number of hydrogen-bond donors (Lipinski definition) is 1. The Bertz CT molecular complexity index is 395. The number of nitrogens with zero attached hydrogens (tertiary/aromatic N) is 2. The highest BCUT2D eigenvalue weighted by molar-refractivity contribution is 7.15. The molecule has 21 heavy (non-hydrogen) atoms. The molecular formula is C16H31N3OS. The van der Waals surface area contributed by atoms with Crippen LogP contribution in [0, 0.1) is 6.92 Å². The fourth-order valence-electron chi connectivity index (χ4n) is 2.13. The predicted octanol–water partition coefficient (Wildman–Crippen LogP) is 3.59. The van der Waals surface area contributed by atoms with E-state index in [2.05, 4.69) is 37.9 Å². The fourth-order valence-corrected chi connectivity index (χ4v) is 3.29. The minimum atomic E-state index is 0.552. The van der Waals surface area contributed by atoms with E-state index in [1.165, 1.54) is 22.9 Å². The minimum absolute atomic E-state index is 0.552. The quantitative estimate of drug-likeness (QED) is 0.634. The molecule has 1 atom stereocenters. The molecule has 1 heterocycles. The number of aromatic nitrogens is 1. The van der Waals surface area contributed by atoms with Gasteiger partial charge in [0.1, 0.15) is 0 Å². The summed E-state index contributed by atoms with van der Waals surface area (Å²) in [6.45, 7) is 12.5. The lowest BCUT2D eigenvalue weighted by atomic mass is 10.2. The van der Waals surface area contributed by atoms with Crippen LogP contribution in [0.4, 0.5) is 5.13 Å². The van der Waals surface area contributed by atoms with E-state index in [-0.39, 0.29) is 0 Å². The van der Waals surface area contributed by atoms with E-state index in [4.69, 9.17) is 9.72 Å². The van der Waals surface area contributed by atoms with Gasteiger partial charge in [0.15, 0.2) is 5.13 Å². The zero-order valence-electron chi connectivity index (χ0n) is 14.2. The molecule has 0 fully saturated rings. The van der Waals surface area contributed by atoms with Crippen molar-refractivity contribution in [2.24, 2.45) is 0 Å². The number of rotatable bonds is 11. The van der Waals surface area contributed by atoms with Gasteiger partial charge < -0.3 is 15.0 Å². The Kier molecular flexibility index (Phi) is 8.88. The Morgan fingerprint density at radius 1 is 1.38 bits per heavy atom. The zero-order valence-corrected chi connectivity index (χ0v) is 15.1. The highest BCUT2D eigenvalue weighted by Crippen LogP contribution is 2.28. The average Bonchev–Trinajstić information content (AvgIpc) is 2.84. The summed E-state index contributed by atoms with van der Waals surface area (Å²) >= 11 is 1.83. The van der Waals surface area contributed by atoms with Crippen LogP contribution < -0.4 is 10.2 Å². The summed E-state index contributed by atoms with van der Waals surface area (Å²) in [5, 5.41) is 4.59. The van der Waals surface area contributed by atoms with Crippen molar-refractivity contribution in [2.45, 2.75) is 59.5 Å². The molecule has 0 saturated carbocycles. The number of ether oxygens (including phenoxy) is 1. The van der Waals surface area contributed by atoms with Gasteiger partial charge in [-0.1, -0.05) is 20.3 Å². The highest BCUT2D eigenvalue weighted by atomic mass is 32.1. The molecule has 0 radical (unpaired) electrons. The first-order valence-corrected chi connectivity index (χ1v) is 8.88. The van der Waals surface area contributed by atoms with Gasteiger partial charge in [-0.3, -0.25) is 0 Å². The molecule has 1 rings (SSSR count). The van der Waals surface area contributed by atoms with E-state index in [0.29, 0.717) is 6.04 Å². The van der Waals surface area contributed by atoms with E-state index in [1.807, 2.05) is 11.3 Å². The van der Waals surface area contributed by atoms with Crippen molar-refractivity contribution in [3.05, 3.63) is 10.6 Å². The molecular weight excluding hydrogens is 282 g/mol. The lowest BCUT2D eigenvalue weighted by Crippen LogP contribution is -2.33. The molecule has 0 aromatic carbocycles. The molecule has 0 aliphatic carbocycles. The normalized spacial score (nSPS) is 12.6. The van der Waals surface area contributed by atoms with Crippen molar-refractivity contribution in [2.75, 3.05) is 31.7 Å². The topological polar surface area (TPSA) is 37.4 Å². The second-order valence-electron chi connectivity index (χ2n) is 5.48. The van der Waals surface area contributed by atoms with Crippen molar-refractivity contribution in [1.82, 2.24) is 10.3 Å². The number of anilines is 1. The molecule has 5 heteroatoms. The third-order valence-corrected chi connectivity index (χ3v) is 4.97. The van der Waals surface area contributed by atoms with Crippen molar-refractivity contribution >= 4 is 16.5 Å². The maximum atomic E-state index is 5.06. The standard InChI is InChI=1S/C16H31N3OS/c1-6-8-10-19(13(3)7-2)16-18-14(4)15(21-16)12-17-9-11-20-5/h13,17H,6-12H2,1-5H3. The summed E-state index contributed by atoms with van der Waals surface area (Å²) in [5.74, 6) is 0. The lowest BCUT2D eigenvalue weighted by Gasteiger charge is -2.28. The summed E-state index contributed by atoms with van der Waals surface area (Å²) in [6.07, 6.45) is 3.61. The van der Waals surface area contributed by atoms with Crippen LogP contribution >= 0.6 is 11.3 Å². The van der Waals surface area contributed by atoms with Crippen molar-refractivity contribution in [3.8, 4) is 0 Å². The smallest absolute Gasteiger partial charge is 0.186 e. The summed E-state index contributed by atoms with van der Waals surface area (Å²) < 4.78 is 5.06. The van der Waals surface area contributed by atoms with Crippen LogP contribution in [0.15, 0.2) is 0 Å². The summed E-state index contributed by atoms with van der Waals surface area (Å²) in [7, 11) is 1.73. The molecule has 0 aliphatic rings. The van der Waals surface area contributed by atoms with Crippen LogP contribution in [0.25, 0.3) is 0 Å². The summed E-state index contributed by atoms with van der Waals surface area (Å²) in [5.41, 5.74) is 1.16. The lowest BCUT2D eigenvalue weighted by molar-refractivity contribution is 0.199.